The van der Waals surface area contributed by atoms with Crippen molar-refractivity contribution in [3.63, 3.8) is 0 Å². The molecule has 3 rings (SSSR count). The molecular weight excluding hydrogens is 345 g/mol. The monoisotopic (exact) mass is 367 g/mol. The standard InChI is InChI=1S/C21H22FN3O2/c1-15(26)25(11-9-16-14-23-20-8-3-2-7-19(16)20)12-10-21(27)24-18-6-4-5-17(22)13-18/h2-8,13-14,23H,9-12H2,1H3,(H,24,27). The first kappa shape index (κ1) is 18.6. The molecule has 0 radical (unpaired) electrons. The Bertz CT molecular complexity index is 951. The van der Waals surface area contributed by atoms with Crippen LogP contribution in [-0.4, -0.2) is 34.8 Å². The van der Waals surface area contributed by atoms with Crippen LogP contribution in [0.1, 0.15) is 18.9 Å². The van der Waals surface area contributed by atoms with Gasteiger partial charge in [-0.05, 0) is 36.2 Å². The van der Waals surface area contributed by atoms with Gasteiger partial charge in [0.25, 0.3) is 0 Å². The Kier molecular flexibility index (Phi) is 5.86. The lowest BCUT2D eigenvalue weighted by atomic mass is 10.1. The van der Waals surface area contributed by atoms with E-state index in [9.17, 15) is 14.0 Å². The molecule has 0 saturated heterocycles. The van der Waals surface area contributed by atoms with Gasteiger partial charge in [-0.15, -0.1) is 0 Å². The second-order valence-corrected chi connectivity index (χ2v) is 6.42. The number of H-pyrrole nitrogens is 1. The molecule has 140 valence electrons. The largest absolute Gasteiger partial charge is 0.361 e. The van der Waals surface area contributed by atoms with Gasteiger partial charge in [0, 0.05) is 49.2 Å². The van der Waals surface area contributed by atoms with Crippen LogP contribution in [0.4, 0.5) is 10.1 Å². The minimum Gasteiger partial charge on any atom is -0.361 e. The summed E-state index contributed by atoms with van der Waals surface area (Å²) in [6.45, 7) is 2.35. The number of benzene rings is 2. The summed E-state index contributed by atoms with van der Waals surface area (Å²) < 4.78 is 13.2. The highest BCUT2D eigenvalue weighted by Crippen LogP contribution is 2.18. The molecule has 6 heteroatoms. The molecule has 2 amide bonds. The number of nitrogens with zero attached hydrogens (tertiary/aromatic N) is 1. The third kappa shape index (κ3) is 4.94. The van der Waals surface area contributed by atoms with Gasteiger partial charge in [0.2, 0.25) is 11.8 Å². The fourth-order valence-corrected chi connectivity index (χ4v) is 3.05. The van der Waals surface area contributed by atoms with E-state index in [4.69, 9.17) is 0 Å². The number of hydrogen-bond donors (Lipinski definition) is 2. The normalized spacial score (nSPS) is 10.7. The highest BCUT2D eigenvalue weighted by Gasteiger charge is 2.13. The number of halogens is 1. The number of nitrogens with one attached hydrogen (secondary N) is 2. The topological polar surface area (TPSA) is 65.2 Å². The number of carbonyl (C=O) groups excluding carboxylic acids is 2. The fraction of sp³-hybridized carbons (Fsp3) is 0.238. The van der Waals surface area contributed by atoms with Gasteiger partial charge >= 0.3 is 0 Å². The smallest absolute Gasteiger partial charge is 0.226 e. The summed E-state index contributed by atoms with van der Waals surface area (Å²) in [6.07, 6.45) is 2.82. The van der Waals surface area contributed by atoms with Crippen LogP contribution in [0, 0.1) is 5.82 Å². The molecule has 0 unspecified atom stereocenters. The van der Waals surface area contributed by atoms with Gasteiger partial charge in [0.1, 0.15) is 5.82 Å². The Morgan fingerprint density at radius 3 is 2.70 bits per heavy atom. The number of anilines is 1. The van der Waals surface area contributed by atoms with Crippen LogP contribution in [0.15, 0.2) is 54.7 Å². The molecule has 0 atom stereocenters. The summed E-state index contributed by atoms with van der Waals surface area (Å²) in [6, 6.07) is 13.8. The molecule has 0 fully saturated rings. The number of amides is 2. The minimum atomic E-state index is -0.406. The Labute approximate surface area is 157 Å². The van der Waals surface area contributed by atoms with Gasteiger partial charge in [0.15, 0.2) is 0 Å². The SMILES string of the molecule is CC(=O)N(CCC(=O)Nc1cccc(F)c1)CCc1c[nH]c2ccccc12. The van der Waals surface area contributed by atoms with E-state index >= 15 is 0 Å². The van der Waals surface area contributed by atoms with Crippen LogP contribution >= 0.6 is 0 Å². The van der Waals surface area contributed by atoms with Crippen LogP contribution < -0.4 is 5.32 Å². The Morgan fingerprint density at radius 1 is 1.11 bits per heavy atom. The molecule has 2 aromatic carbocycles. The highest BCUT2D eigenvalue weighted by atomic mass is 19.1. The van der Waals surface area contributed by atoms with Crippen LogP contribution in [0.3, 0.4) is 0 Å². The molecule has 0 aliphatic heterocycles. The first-order chi connectivity index (χ1) is 13.0. The van der Waals surface area contributed by atoms with Crippen LogP contribution in [0.2, 0.25) is 0 Å². The lowest BCUT2D eigenvalue weighted by Gasteiger charge is -2.20. The van der Waals surface area contributed by atoms with Crippen molar-refractivity contribution in [1.82, 2.24) is 9.88 Å². The number of aromatic nitrogens is 1. The Morgan fingerprint density at radius 2 is 1.93 bits per heavy atom. The maximum atomic E-state index is 13.2. The highest BCUT2D eigenvalue weighted by molar-refractivity contribution is 5.91. The van der Waals surface area contributed by atoms with E-state index in [1.54, 1.807) is 11.0 Å². The van der Waals surface area contributed by atoms with Crippen molar-refractivity contribution in [3.8, 4) is 0 Å². The van der Waals surface area contributed by atoms with Crippen molar-refractivity contribution >= 4 is 28.4 Å². The van der Waals surface area contributed by atoms with E-state index in [2.05, 4.69) is 10.3 Å². The number of rotatable bonds is 7. The third-order valence-electron chi connectivity index (χ3n) is 4.49. The molecular formula is C21H22FN3O2. The van der Waals surface area contributed by atoms with Crippen molar-refractivity contribution in [2.45, 2.75) is 19.8 Å². The molecule has 1 aromatic heterocycles. The summed E-state index contributed by atoms with van der Waals surface area (Å²) >= 11 is 0. The Balaban J connectivity index is 1.54. The average molecular weight is 367 g/mol. The van der Waals surface area contributed by atoms with Crippen LogP contribution in [-0.2, 0) is 16.0 Å². The van der Waals surface area contributed by atoms with E-state index in [-0.39, 0.29) is 18.2 Å². The molecule has 0 aliphatic rings. The van der Waals surface area contributed by atoms with Gasteiger partial charge in [-0.25, -0.2) is 4.39 Å². The van der Waals surface area contributed by atoms with E-state index in [0.717, 1.165) is 16.5 Å². The van der Waals surface area contributed by atoms with Crippen molar-refractivity contribution in [2.24, 2.45) is 0 Å². The van der Waals surface area contributed by atoms with Crippen molar-refractivity contribution in [1.29, 1.82) is 0 Å². The second-order valence-electron chi connectivity index (χ2n) is 6.42. The van der Waals surface area contributed by atoms with E-state index in [1.807, 2.05) is 30.5 Å². The number of para-hydroxylation sites is 1. The zero-order valence-corrected chi connectivity index (χ0v) is 15.2. The molecule has 5 nitrogen and oxygen atoms in total. The van der Waals surface area contributed by atoms with Gasteiger partial charge < -0.3 is 15.2 Å². The fourth-order valence-electron chi connectivity index (χ4n) is 3.05. The van der Waals surface area contributed by atoms with Gasteiger partial charge in [-0.3, -0.25) is 9.59 Å². The molecule has 1 heterocycles. The third-order valence-corrected chi connectivity index (χ3v) is 4.49. The second kappa shape index (κ2) is 8.49. The van der Waals surface area contributed by atoms with Crippen molar-refractivity contribution in [3.05, 3.63) is 66.1 Å². The maximum absolute atomic E-state index is 13.2. The molecule has 27 heavy (non-hydrogen) atoms. The zero-order chi connectivity index (χ0) is 19.2. The van der Waals surface area contributed by atoms with Crippen LogP contribution in [0.25, 0.3) is 10.9 Å². The lowest BCUT2D eigenvalue weighted by molar-refractivity contribution is -0.129. The molecule has 0 spiro atoms. The van der Waals surface area contributed by atoms with Crippen molar-refractivity contribution in [2.75, 3.05) is 18.4 Å². The van der Waals surface area contributed by atoms with E-state index in [1.165, 1.54) is 25.1 Å². The number of fused-ring (bicyclic) bond motifs is 1. The summed E-state index contributed by atoms with van der Waals surface area (Å²) in [5.41, 5.74) is 2.62. The van der Waals surface area contributed by atoms with Crippen molar-refractivity contribution < 1.29 is 14.0 Å². The quantitative estimate of drug-likeness (QED) is 0.668. The first-order valence-electron chi connectivity index (χ1n) is 8.89. The van der Waals surface area contributed by atoms with E-state index in [0.29, 0.717) is 25.2 Å². The zero-order valence-electron chi connectivity index (χ0n) is 15.2. The summed E-state index contributed by atoms with van der Waals surface area (Å²) in [4.78, 5) is 28.9. The number of hydrogen-bond acceptors (Lipinski definition) is 2. The predicted octanol–water partition coefficient (Wildman–Crippen LogP) is 3.73. The predicted molar refractivity (Wildman–Crippen MR) is 104 cm³/mol. The van der Waals surface area contributed by atoms with E-state index < -0.39 is 5.82 Å². The van der Waals surface area contributed by atoms with Gasteiger partial charge in [-0.2, -0.15) is 0 Å². The average Bonchev–Trinajstić information content (AvgIpc) is 3.04. The van der Waals surface area contributed by atoms with Crippen LogP contribution in [0.5, 0.6) is 0 Å². The minimum absolute atomic E-state index is 0.0756. The molecule has 0 aliphatic carbocycles. The van der Waals surface area contributed by atoms with Gasteiger partial charge in [-0.1, -0.05) is 24.3 Å². The number of aromatic amines is 1. The van der Waals surface area contributed by atoms with Gasteiger partial charge in [0.05, 0.1) is 0 Å². The first-order valence-corrected chi connectivity index (χ1v) is 8.89. The molecule has 0 saturated carbocycles. The lowest BCUT2D eigenvalue weighted by Crippen LogP contribution is -2.33. The molecule has 2 N–H and O–H groups in total. The molecule has 3 aromatic rings. The Hall–Kier alpha value is -3.15. The summed E-state index contributed by atoms with van der Waals surface area (Å²) in [7, 11) is 0. The summed E-state index contributed by atoms with van der Waals surface area (Å²) in [5, 5.41) is 3.79. The maximum Gasteiger partial charge on any atom is 0.226 e. The number of carbonyl (C=O) groups is 2. The molecule has 0 bridgehead atoms. The summed E-state index contributed by atoms with van der Waals surface area (Å²) in [5.74, 6) is -0.732.